The van der Waals surface area contributed by atoms with E-state index in [-0.39, 0.29) is 5.76 Å². The van der Waals surface area contributed by atoms with E-state index in [0.29, 0.717) is 5.70 Å². The van der Waals surface area contributed by atoms with Crippen molar-refractivity contribution in [2.24, 2.45) is 0 Å². The Labute approximate surface area is 81.5 Å². The van der Waals surface area contributed by atoms with Crippen LogP contribution in [-0.2, 0) is 0 Å². The van der Waals surface area contributed by atoms with Gasteiger partial charge in [-0.15, -0.1) is 10.2 Å². The van der Waals surface area contributed by atoms with E-state index in [1.54, 1.807) is 13.8 Å². The highest BCUT2D eigenvalue weighted by atomic mass is 16.3. The fraction of sp³-hybridized carbons (Fsp3) is 0.200. The molecule has 0 radical (unpaired) electrons. The van der Waals surface area contributed by atoms with Crippen molar-refractivity contribution in [3.63, 3.8) is 0 Å². The Bertz CT molecular complexity index is 462. The average molecular weight is 189 g/mol. The van der Waals surface area contributed by atoms with Crippen LogP contribution in [0, 0.1) is 0 Å². The van der Waals surface area contributed by atoms with E-state index in [0.717, 1.165) is 11.0 Å². The summed E-state index contributed by atoms with van der Waals surface area (Å²) in [7, 11) is 0. The molecular weight excluding hydrogens is 178 g/mol. The van der Waals surface area contributed by atoms with Gasteiger partial charge in [0.25, 0.3) is 0 Å². The molecule has 0 amide bonds. The molecule has 0 spiro atoms. The summed E-state index contributed by atoms with van der Waals surface area (Å²) in [6, 6.07) is 7.59. The van der Waals surface area contributed by atoms with E-state index in [1.165, 1.54) is 4.80 Å². The molecule has 0 aliphatic rings. The predicted molar refractivity (Wildman–Crippen MR) is 54.7 cm³/mol. The first-order chi connectivity index (χ1) is 6.68. The molecule has 1 aromatic heterocycles. The normalized spacial score (nSPS) is 13.0. The average Bonchev–Trinajstić information content (AvgIpc) is 2.59. The van der Waals surface area contributed by atoms with Gasteiger partial charge in [0, 0.05) is 0 Å². The van der Waals surface area contributed by atoms with Crippen molar-refractivity contribution in [2.75, 3.05) is 0 Å². The molecule has 0 bridgehead atoms. The second-order valence-corrected chi connectivity index (χ2v) is 3.15. The van der Waals surface area contributed by atoms with Crippen LogP contribution in [0.15, 0.2) is 30.0 Å². The van der Waals surface area contributed by atoms with Crippen molar-refractivity contribution in [3.05, 3.63) is 30.0 Å². The summed E-state index contributed by atoms with van der Waals surface area (Å²) in [4.78, 5) is 1.44. The molecule has 0 saturated carbocycles. The molecule has 0 aliphatic carbocycles. The van der Waals surface area contributed by atoms with E-state index in [4.69, 9.17) is 0 Å². The molecule has 0 aliphatic heterocycles. The number of nitrogens with zero attached hydrogens (tertiary/aromatic N) is 3. The van der Waals surface area contributed by atoms with Gasteiger partial charge < -0.3 is 5.11 Å². The van der Waals surface area contributed by atoms with Crippen LogP contribution in [0.3, 0.4) is 0 Å². The van der Waals surface area contributed by atoms with Gasteiger partial charge in [-0.05, 0) is 26.0 Å². The van der Waals surface area contributed by atoms with Crippen LogP contribution in [0.25, 0.3) is 16.7 Å². The summed E-state index contributed by atoms with van der Waals surface area (Å²) in [6.45, 7) is 3.39. The van der Waals surface area contributed by atoms with Crippen molar-refractivity contribution in [1.29, 1.82) is 0 Å². The molecule has 72 valence electrons. The third kappa shape index (κ3) is 1.35. The molecular formula is C10H11N3O. The molecule has 4 heteroatoms. The highest BCUT2D eigenvalue weighted by Crippen LogP contribution is 2.11. The number of fused-ring (bicyclic) bond motifs is 1. The standard InChI is InChI=1S/C10H11N3O/c1-7(8(2)14)13-11-9-5-3-4-6-10(9)12-13/h3-6,14H,1-2H3/b8-7-. The Morgan fingerprint density at radius 1 is 1.14 bits per heavy atom. The molecule has 0 atom stereocenters. The van der Waals surface area contributed by atoms with E-state index >= 15 is 0 Å². The second-order valence-electron chi connectivity index (χ2n) is 3.15. The zero-order chi connectivity index (χ0) is 10.1. The molecule has 1 N–H and O–H groups in total. The minimum atomic E-state index is 0.227. The third-order valence-electron chi connectivity index (χ3n) is 2.11. The fourth-order valence-corrected chi connectivity index (χ4v) is 1.15. The van der Waals surface area contributed by atoms with Crippen molar-refractivity contribution in [1.82, 2.24) is 15.0 Å². The Kier molecular flexibility index (Phi) is 1.96. The Hall–Kier alpha value is -1.84. The Morgan fingerprint density at radius 3 is 2.07 bits per heavy atom. The van der Waals surface area contributed by atoms with Crippen LogP contribution in [0.2, 0.25) is 0 Å². The van der Waals surface area contributed by atoms with Gasteiger partial charge in [-0.1, -0.05) is 12.1 Å². The summed E-state index contributed by atoms with van der Waals surface area (Å²) >= 11 is 0. The van der Waals surface area contributed by atoms with Gasteiger partial charge >= 0.3 is 0 Å². The van der Waals surface area contributed by atoms with Gasteiger partial charge in [-0.2, -0.15) is 4.80 Å². The summed E-state index contributed by atoms with van der Waals surface area (Å²) < 4.78 is 0. The second kappa shape index (κ2) is 3.14. The zero-order valence-corrected chi connectivity index (χ0v) is 8.10. The number of aromatic nitrogens is 3. The molecule has 4 nitrogen and oxygen atoms in total. The van der Waals surface area contributed by atoms with Gasteiger partial charge in [0.2, 0.25) is 0 Å². The lowest BCUT2D eigenvalue weighted by Crippen LogP contribution is -2.00. The molecule has 1 aromatic carbocycles. The smallest absolute Gasteiger partial charge is 0.113 e. The van der Waals surface area contributed by atoms with E-state index in [1.807, 2.05) is 24.3 Å². The molecule has 2 aromatic rings. The number of aliphatic hydroxyl groups excluding tert-OH is 1. The Morgan fingerprint density at radius 2 is 1.64 bits per heavy atom. The topological polar surface area (TPSA) is 50.9 Å². The lowest BCUT2D eigenvalue weighted by molar-refractivity contribution is 0.410. The van der Waals surface area contributed by atoms with Gasteiger partial charge in [0.05, 0.1) is 5.70 Å². The first-order valence-corrected chi connectivity index (χ1v) is 4.37. The molecule has 0 unspecified atom stereocenters. The molecule has 1 heterocycles. The summed E-state index contributed by atoms with van der Waals surface area (Å²) in [5.74, 6) is 0.227. The predicted octanol–water partition coefficient (Wildman–Crippen LogP) is 2.20. The highest BCUT2D eigenvalue weighted by molar-refractivity contribution is 5.73. The molecule has 0 saturated heterocycles. The van der Waals surface area contributed by atoms with Crippen LogP contribution >= 0.6 is 0 Å². The number of allylic oxidation sites excluding steroid dienone is 2. The van der Waals surface area contributed by atoms with Crippen molar-refractivity contribution >= 4 is 16.7 Å². The maximum absolute atomic E-state index is 9.28. The minimum Gasteiger partial charge on any atom is -0.511 e. The molecule has 2 rings (SSSR count). The first kappa shape index (κ1) is 8.74. The van der Waals surface area contributed by atoms with Gasteiger partial charge in [0.15, 0.2) is 0 Å². The summed E-state index contributed by atoms with van der Waals surface area (Å²) in [5.41, 5.74) is 2.29. The van der Waals surface area contributed by atoms with Crippen LogP contribution in [-0.4, -0.2) is 20.1 Å². The number of benzene rings is 1. The number of aliphatic hydroxyl groups is 1. The lowest BCUT2D eigenvalue weighted by atomic mass is 10.3. The monoisotopic (exact) mass is 189 g/mol. The largest absolute Gasteiger partial charge is 0.511 e. The number of hydrogen-bond donors (Lipinski definition) is 1. The van der Waals surface area contributed by atoms with Crippen LogP contribution in [0.4, 0.5) is 0 Å². The SMILES string of the molecule is C/C(O)=C(\C)n1nc2ccccc2n1. The van der Waals surface area contributed by atoms with Gasteiger partial charge in [0.1, 0.15) is 16.8 Å². The fourth-order valence-electron chi connectivity index (χ4n) is 1.15. The van der Waals surface area contributed by atoms with Gasteiger partial charge in [-0.25, -0.2) is 0 Å². The summed E-state index contributed by atoms with van der Waals surface area (Å²) in [6.07, 6.45) is 0. The van der Waals surface area contributed by atoms with E-state index < -0.39 is 0 Å². The van der Waals surface area contributed by atoms with Gasteiger partial charge in [-0.3, -0.25) is 0 Å². The van der Waals surface area contributed by atoms with E-state index in [2.05, 4.69) is 10.2 Å². The zero-order valence-electron chi connectivity index (χ0n) is 8.10. The maximum atomic E-state index is 9.28. The highest BCUT2D eigenvalue weighted by Gasteiger charge is 2.04. The summed E-state index contributed by atoms with van der Waals surface area (Å²) in [5, 5.41) is 17.7. The lowest BCUT2D eigenvalue weighted by Gasteiger charge is -1.98. The quantitative estimate of drug-likeness (QED) is 0.699. The third-order valence-corrected chi connectivity index (χ3v) is 2.11. The van der Waals surface area contributed by atoms with Crippen molar-refractivity contribution < 1.29 is 5.11 Å². The van der Waals surface area contributed by atoms with E-state index in [9.17, 15) is 5.11 Å². The molecule has 0 fully saturated rings. The van der Waals surface area contributed by atoms with Crippen LogP contribution in [0.1, 0.15) is 13.8 Å². The minimum absolute atomic E-state index is 0.227. The van der Waals surface area contributed by atoms with Crippen LogP contribution in [0.5, 0.6) is 0 Å². The first-order valence-electron chi connectivity index (χ1n) is 4.37. The number of rotatable bonds is 1. The van der Waals surface area contributed by atoms with Crippen molar-refractivity contribution in [3.8, 4) is 0 Å². The Balaban J connectivity index is 2.61. The van der Waals surface area contributed by atoms with Crippen LogP contribution < -0.4 is 0 Å². The maximum Gasteiger partial charge on any atom is 0.113 e. The molecule has 14 heavy (non-hydrogen) atoms. The van der Waals surface area contributed by atoms with Crippen molar-refractivity contribution in [2.45, 2.75) is 13.8 Å². The number of hydrogen-bond acceptors (Lipinski definition) is 3.